The summed E-state index contributed by atoms with van der Waals surface area (Å²) in [6, 6.07) is 6.76. The number of hydrogen-bond donors (Lipinski definition) is 1. The molecule has 1 heterocycles. The van der Waals surface area contributed by atoms with Gasteiger partial charge in [0.1, 0.15) is 0 Å². The van der Waals surface area contributed by atoms with Crippen molar-refractivity contribution in [2.75, 3.05) is 25.0 Å². The molecule has 1 saturated heterocycles. The van der Waals surface area contributed by atoms with Crippen molar-refractivity contribution in [3.8, 4) is 0 Å². The molecule has 1 N–H and O–H groups in total. The van der Waals surface area contributed by atoms with E-state index in [2.05, 4.69) is 51.3 Å². The van der Waals surface area contributed by atoms with E-state index < -0.39 is 0 Å². The first-order valence-corrected chi connectivity index (χ1v) is 7.72. The van der Waals surface area contributed by atoms with Gasteiger partial charge in [-0.3, -0.25) is 0 Å². The van der Waals surface area contributed by atoms with Gasteiger partial charge in [-0.1, -0.05) is 35.3 Å². The highest BCUT2D eigenvalue weighted by Gasteiger charge is 2.19. The fraction of sp³-hybridized carbons (Fsp3) is 0.600. The van der Waals surface area contributed by atoms with E-state index in [0.29, 0.717) is 0 Å². The van der Waals surface area contributed by atoms with Gasteiger partial charge in [-0.05, 0) is 43.5 Å². The zero-order valence-electron chi connectivity index (χ0n) is 11.4. The van der Waals surface area contributed by atoms with Gasteiger partial charge in [0.25, 0.3) is 0 Å². The van der Waals surface area contributed by atoms with Gasteiger partial charge in [0.2, 0.25) is 0 Å². The standard InChI is InChI=1S/C15H23BrN2/c1-3-12-5-4-8-18(11-12)14-7-6-13(10-17-2)15(16)9-14/h6-7,9,12,17H,3-5,8,10-11H2,1-2H3. The van der Waals surface area contributed by atoms with Crippen LogP contribution in [-0.2, 0) is 6.54 Å². The monoisotopic (exact) mass is 310 g/mol. The normalized spacial score (nSPS) is 20.2. The number of benzene rings is 1. The molecule has 1 fully saturated rings. The van der Waals surface area contributed by atoms with E-state index in [4.69, 9.17) is 0 Å². The number of halogens is 1. The van der Waals surface area contributed by atoms with Crippen molar-refractivity contribution in [2.24, 2.45) is 5.92 Å². The summed E-state index contributed by atoms with van der Waals surface area (Å²) in [7, 11) is 1.98. The number of anilines is 1. The summed E-state index contributed by atoms with van der Waals surface area (Å²) in [5.41, 5.74) is 2.69. The quantitative estimate of drug-likeness (QED) is 0.910. The lowest BCUT2D eigenvalue weighted by atomic mass is 9.95. The summed E-state index contributed by atoms with van der Waals surface area (Å²) in [6.07, 6.45) is 4.02. The highest BCUT2D eigenvalue weighted by Crippen LogP contribution is 2.28. The zero-order valence-corrected chi connectivity index (χ0v) is 13.0. The van der Waals surface area contributed by atoms with Crippen LogP contribution in [0, 0.1) is 5.92 Å². The van der Waals surface area contributed by atoms with Crippen molar-refractivity contribution in [1.82, 2.24) is 5.32 Å². The number of nitrogens with zero attached hydrogens (tertiary/aromatic N) is 1. The fourth-order valence-electron chi connectivity index (χ4n) is 2.70. The molecule has 2 rings (SSSR count). The van der Waals surface area contributed by atoms with Crippen LogP contribution in [0.1, 0.15) is 31.7 Å². The van der Waals surface area contributed by atoms with Gasteiger partial charge in [0.15, 0.2) is 0 Å². The van der Waals surface area contributed by atoms with E-state index >= 15 is 0 Å². The van der Waals surface area contributed by atoms with Crippen LogP contribution in [0.5, 0.6) is 0 Å². The van der Waals surface area contributed by atoms with Gasteiger partial charge in [-0.25, -0.2) is 0 Å². The van der Waals surface area contributed by atoms with Crippen LogP contribution in [0.2, 0.25) is 0 Å². The third-order valence-corrected chi connectivity index (χ3v) is 4.60. The summed E-state index contributed by atoms with van der Waals surface area (Å²) >= 11 is 3.68. The molecule has 0 aliphatic carbocycles. The van der Waals surface area contributed by atoms with E-state index in [-0.39, 0.29) is 0 Å². The Hall–Kier alpha value is -0.540. The molecule has 1 aromatic carbocycles. The van der Waals surface area contributed by atoms with Crippen molar-refractivity contribution < 1.29 is 0 Å². The fourth-order valence-corrected chi connectivity index (χ4v) is 3.21. The Kier molecular flexibility index (Phi) is 5.07. The highest BCUT2D eigenvalue weighted by atomic mass is 79.9. The molecule has 0 radical (unpaired) electrons. The molecule has 0 amide bonds. The SMILES string of the molecule is CCC1CCCN(c2ccc(CNC)c(Br)c2)C1. The second-order valence-electron chi connectivity index (χ2n) is 5.17. The molecule has 0 bridgehead atoms. The summed E-state index contributed by atoms with van der Waals surface area (Å²) in [4.78, 5) is 2.53. The minimum Gasteiger partial charge on any atom is -0.371 e. The molecule has 3 heteroatoms. The van der Waals surface area contributed by atoms with Crippen LogP contribution in [0.3, 0.4) is 0 Å². The van der Waals surface area contributed by atoms with Gasteiger partial charge in [0.05, 0.1) is 0 Å². The van der Waals surface area contributed by atoms with Gasteiger partial charge in [-0.15, -0.1) is 0 Å². The van der Waals surface area contributed by atoms with Crippen LogP contribution in [-0.4, -0.2) is 20.1 Å². The van der Waals surface area contributed by atoms with Crippen LogP contribution in [0.15, 0.2) is 22.7 Å². The van der Waals surface area contributed by atoms with Gasteiger partial charge in [-0.2, -0.15) is 0 Å². The summed E-state index contributed by atoms with van der Waals surface area (Å²) in [5.74, 6) is 0.870. The number of nitrogens with one attached hydrogen (secondary N) is 1. The lowest BCUT2D eigenvalue weighted by Gasteiger charge is -2.34. The Morgan fingerprint density at radius 1 is 1.44 bits per heavy atom. The molecule has 100 valence electrons. The maximum absolute atomic E-state index is 3.68. The molecule has 1 aliphatic heterocycles. The topological polar surface area (TPSA) is 15.3 Å². The smallest absolute Gasteiger partial charge is 0.0377 e. The van der Waals surface area contributed by atoms with E-state index in [9.17, 15) is 0 Å². The molecule has 1 unspecified atom stereocenters. The van der Waals surface area contributed by atoms with Crippen LogP contribution < -0.4 is 10.2 Å². The minimum atomic E-state index is 0.870. The Bertz CT molecular complexity index is 392. The Labute approximate surface area is 119 Å². The summed E-state index contributed by atoms with van der Waals surface area (Å²) in [5, 5.41) is 3.20. The molecule has 0 aromatic heterocycles. The van der Waals surface area contributed by atoms with Crippen LogP contribution in [0.25, 0.3) is 0 Å². The number of rotatable bonds is 4. The maximum Gasteiger partial charge on any atom is 0.0377 e. The van der Waals surface area contributed by atoms with E-state index in [1.54, 1.807) is 0 Å². The molecule has 1 aromatic rings. The van der Waals surface area contributed by atoms with E-state index in [0.717, 1.165) is 12.5 Å². The van der Waals surface area contributed by atoms with Crippen molar-refractivity contribution in [2.45, 2.75) is 32.7 Å². The Balaban J connectivity index is 2.10. The van der Waals surface area contributed by atoms with Gasteiger partial charge >= 0.3 is 0 Å². The number of hydrogen-bond acceptors (Lipinski definition) is 2. The van der Waals surface area contributed by atoms with Crippen molar-refractivity contribution >= 4 is 21.6 Å². The molecular formula is C15H23BrN2. The molecule has 0 spiro atoms. The molecular weight excluding hydrogens is 288 g/mol. The average molecular weight is 311 g/mol. The first-order valence-electron chi connectivity index (χ1n) is 6.92. The maximum atomic E-state index is 3.68. The van der Waals surface area contributed by atoms with Crippen LogP contribution >= 0.6 is 15.9 Å². The average Bonchev–Trinajstić information content (AvgIpc) is 2.41. The van der Waals surface area contributed by atoms with E-state index in [1.807, 2.05) is 7.05 Å². The second kappa shape index (κ2) is 6.58. The predicted molar refractivity (Wildman–Crippen MR) is 82.1 cm³/mol. The van der Waals surface area contributed by atoms with Crippen molar-refractivity contribution in [3.05, 3.63) is 28.2 Å². The molecule has 1 atom stereocenters. The van der Waals surface area contributed by atoms with Crippen molar-refractivity contribution in [3.63, 3.8) is 0 Å². The minimum absolute atomic E-state index is 0.870. The molecule has 2 nitrogen and oxygen atoms in total. The first-order chi connectivity index (χ1) is 8.74. The van der Waals surface area contributed by atoms with Gasteiger partial charge < -0.3 is 10.2 Å². The third-order valence-electron chi connectivity index (χ3n) is 3.87. The summed E-state index contributed by atoms with van der Waals surface area (Å²) < 4.78 is 1.22. The molecule has 18 heavy (non-hydrogen) atoms. The Morgan fingerprint density at radius 2 is 2.28 bits per heavy atom. The zero-order chi connectivity index (χ0) is 13.0. The largest absolute Gasteiger partial charge is 0.371 e. The lowest BCUT2D eigenvalue weighted by molar-refractivity contribution is 0.404. The molecule has 1 aliphatic rings. The second-order valence-corrected chi connectivity index (χ2v) is 6.02. The highest BCUT2D eigenvalue weighted by molar-refractivity contribution is 9.10. The third kappa shape index (κ3) is 3.27. The van der Waals surface area contributed by atoms with E-state index in [1.165, 1.54) is 48.1 Å². The molecule has 0 saturated carbocycles. The predicted octanol–water partition coefficient (Wildman–Crippen LogP) is 3.79. The van der Waals surface area contributed by atoms with Crippen molar-refractivity contribution in [1.29, 1.82) is 0 Å². The number of piperidine rings is 1. The van der Waals surface area contributed by atoms with Crippen LogP contribution in [0.4, 0.5) is 5.69 Å². The first kappa shape index (κ1) is 13.9. The summed E-state index contributed by atoms with van der Waals surface area (Å²) in [6.45, 7) is 5.64. The lowest BCUT2D eigenvalue weighted by Crippen LogP contribution is -2.35. The Morgan fingerprint density at radius 3 is 2.94 bits per heavy atom. The van der Waals surface area contributed by atoms with Gasteiger partial charge in [0, 0.05) is 29.8 Å².